The van der Waals surface area contributed by atoms with Crippen LogP contribution in [0.4, 0.5) is 9.52 Å². The van der Waals surface area contributed by atoms with Crippen molar-refractivity contribution in [1.82, 2.24) is 4.98 Å². The number of hydrogen-bond donors (Lipinski definition) is 1. The molecule has 1 aliphatic rings. The molecule has 0 bridgehead atoms. The van der Waals surface area contributed by atoms with E-state index in [1.54, 1.807) is 12.3 Å². The maximum absolute atomic E-state index is 13.2. The molecule has 0 aliphatic heterocycles. The van der Waals surface area contributed by atoms with Gasteiger partial charge in [0.05, 0.1) is 0 Å². The summed E-state index contributed by atoms with van der Waals surface area (Å²) in [6.07, 6.45) is 10.4. The molecule has 1 amide bonds. The normalized spacial score (nSPS) is 15.4. The van der Waals surface area contributed by atoms with Crippen LogP contribution in [0.25, 0.3) is 0 Å². The molecule has 24 heavy (non-hydrogen) atoms. The quantitative estimate of drug-likeness (QED) is 0.784. The molecule has 1 saturated carbocycles. The fourth-order valence-electron chi connectivity index (χ4n) is 3.29. The van der Waals surface area contributed by atoms with E-state index in [0.717, 1.165) is 16.9 Å². The molecule has 128 valence electrons. The lowest BCUT2D eigenvalue weighted by Crippen LogP contribution is -2.14. The van der Waals surface area contributed by atoms with Gasteiger partial charge in [0.1, 0.15) is 5.82 Å². The second-order valence-corrected chi connectivity index (χ2v) is 7.64. The number of anilines is 1. The van der Waals surface area contributed by atoms with Gasteiger partial charge in [0.15, 0.2) is 5.13 Å². The standard InChI is InChI=1S/C19H23FN2OS/c20-16-8-4-7-15(11-16)12-17-13-21-19(24-17)22-18(23)10-9-14-5-2-1-3-6-14/h4,7-8,11,13-14H,1-3,5-6,9-10,12H2,(H,21,22,23). The summed E-state index contributed by atoms with van der Waals surface area (Å²) >= 11 is 1.46. The summed E-state index contributed by atoms with van der Waals surface area (Å²) < 4.78 is 13.2. The summed E-state index contributed by atoms with van der Waals surface area (Å²) in [5, 5.41) is 3.53. The minimum Gasteiger partial charge on any atom is -0.302 e. The van der Waals surface area contributed by atoms with Crippen molar-refractivity contribution in [2.75, 3.05) is 5.32 Å². The van der Waals surface area contributed by atoms with E-state index in [4.69, 9.17) is 0 Å². The number of benzene rings is 1. The molecular formula is C19H23FN2OS. The molecule has 0 saturated heterocycles. The predicted molar refractivity (Wildman–Crippen MR) is 95.8 cm³/mol. The van der Waals surface area contributed by atoms with Gasteiger partial charge in [-0.15, -0.1) is 11.3 Å². The summed E-state index contributed by atoms with van der Waals surface area (Å²) in [5.41, 5.74) is 0.911. The van der Waals surface area contributed by atoms with Crippen LogP contribution in [-0.4, -0.2) is 10.9 Å². The average Bonchev–Trinajstić information content (AvgIpc) is 3.01. The Balaban J connectivity index is 1.47. The fraction of sp³-hybridized carbons (Fsp3) is 0.474. The zero-order valence-corrected chi connectivity index (χ0v) is 14.6. The van der Waals surface area contributed by atoms with Crippen LogP contribution < -0.4 is 5.32 Å². The van der Waals surface area contributed by atoms with E-state index in [1.165, 1.54) is 55.6 Å². The van der Waals surface area contributed by atoms with Crippen LogP contribution >= 0.6 is 11.3 Å². The van der Waals surface area contributed by atoms with Crippen molar-refractivity contribution in [3.05, 3.63) is 46.7 Å². The smallest absolute Gasteiger partial charge is 0.226 e. The Hall–Kier alpha value is -1.75. The van der Waals surface area contributed by atoms with Gasteiger partial charge in [0.2, 0.25) is 5.91 Å². The first-order valence-electron chi connectivity index (χ1n) is 8.68. The second-order valence-electron chi connectivity index (χ2n) is 6.53. The molecule has 0 radical (unpaired) electrons. The lowest BCUT2D eigenvalue weighted by atomic mass is 9.86. The summed E-state index contributed by atoms with van der Waals surface area (Å²) in [7, 11) is 0. The van der Waals surface area contributed by atoms with Crippen molar-refractivity contribution in [3.63, 3.8) is 0 Å². The first-order chi connectivity index (χ1) is 11.7. The first-order valence-corrected chi connectivity index (χ1v) is 9.50. The topological polar surface area (TPSA) is 42.0 Å². The number of hydrogen-bond acceptors (Lipinski definition) is 3. The van der Waals surface area contributed by atoms with Gasteiger partial charge in [-0.05, 0) is 30.0 Å². The van der Waals surface area contributed by atoms with Gasteiger partial charge in [-0.1, -0.05) is 44.2 Å². The lowest BCUT2D eigenvalue weighted by Gasteiger charge is -2.20. The van der Waals surface area contributed by atoms with Crippen LogP contribution in [0.15, 0.2) is 30.5 Å². The van der Waals surface area contributed by atoms with E-state index >= 15 is 0 Å². The third-order valence-electron chi connectivity index (χ3n) is 4.57. The summed E-state index contributed by atoms with van der Waals surface area (Å²) in [6, 6.07) is 6.57. The Morgan fingerprint density at radius 2 is 2.12 bits per heavy atom. The summed E-state index contributed by atoms with van der Waals surface area (Å²) in [6.45, 7) is 0. The van der Waals surface area contributed by atoms with E-state index in [2.05, 4.69) is 10.3 Å². The Morgan fingerprint density at radius 3 is 2.92 bits per heavy atom. The molecule has 3 rings (SSSR count). The Kier molecular flexibility index (Phi) is 5.96. The van der Waals surface area contributed by atoms with Crippen LogP contribution in [-0.2, 0) is 11.2 Å². The van der Waals surface area contributed by atoms with E-state index in [0.29, 0.717) is 23.9 Å². The number of rotatable bonds is 6. The van der Waals surface area contributed by atoms with Gasteiger partial charge in [0, 0.05) is 23.9 Å². The number of halogens is 1. The molecule has 1 fully saturated rings. The number of carbonyl (C=O) groups excluding carboxylic acids is 1. The highest BCUT2D eigenvalue weighted by Crippen LogP contribution is 2.27. The number of nitrogens with one attached hydrogen (secondary N) is 1. The van der Waals surface area contributed by atoms with Gasteiger partial charge < -0.3 is 5.32 Å². The van der Waals surface area contributed by atoms with Crippen molar-refractivity contribution < 1.29 is 9.18 Å². The van der Waals surface area contributed by atoms with Crippen LogP contribution in [0.5, 0.6) is 0 Å². The fourth-order valence-corrected chi connectivity index (χ4v) is 4.15. The van der Waals surface area contributed by atoms with Crippen LogP contribution in [0.3, 0.4) is 0 Å². The monoisotopic (exact) mass is 346 g/mol. The maximum atomic E-state index is 13.2. The van der Waals surface area contributed by atoms with Gasteiger partial charge in [-0.3, -0.25) is 4.79 Å². The molecular weight excluding hydrogens is 323 g/mol. The van der Waals surface area contributed by atoms with Crippen molar-refractivity contribution in [3.8, 4) is 0 Å². The van der Waals surface area contributed by atoms with Crippen LogP contribution in [0, 0.1) is 11.7 Å². The van der Waals surface area contributed by atoms with Gasteiger partial charge in [-0.25, -0.2) is 9.37 Å². The molecule has 1 aromatic heterocycles. The predicted octanol–water partition coefficient (Wildman–Crippen LogP) is 5.17. The molecule has 1 aromatic carbocycles. The maximum Gasteiger partial charge on any atom is 0.226 e. The Bertz CT molecular complexity index is 680. The molecule has 1 N–H and O–H groups in total. The number of nitrogens with zero attached hydrogens (tertiary/aromatic N) is 1. The largest absolute Gasteiger partial charge is 0.302 e. The van der Waals surface area contributed by atoms with E-state index < -0.39 is 0 Å². The highest BCUT2D eigenvalue weighted by molar-refractivity contribution is 7.15. The second kappa shape index (κ2) is 8.38. The molecule has 3 nitrogen and oxygen atoms in total. The molecule has 0 atom stereocenters. The highest BCUT2D eigenvalue weighted by Gasteiger charge is 2.15. The molecule has 0 unspecified atom stereocenters. The van der Waals surface area contributed by atoms with Crippen LogP contribution in [0.2, 0.25) is 0 Å². The SMILES string of the molecule is O=C(CCC1CCCCC1)Nc1ncc(Cc2cccc(F)c2)s1. The number of carbonyl (C=O) groups is 1. The number of aromatic nitrogens is 1. The molecule has 1 heterocycles. The van der Waals surface area contributed by atoms with Crippen molar-refractivity contribution in [1.29, 1.82) is 0 Å². The zero-order valence-electron chi connectivity index (χ0n) is 13.8. The van der Waals surface area contributed by atoms with E-state index in [1.807, 2.05) is 6.07 Å². The van der Waals surface area contributed by atoms with Crippen molar-refractivity contribution in [2.24, 2.45) is 5.92 Å². The number of thiazole rings is 1. The molecule has 5 heteroatoms. The number of amides is 1. The highest BCUT2D eigenvalue weighted by atomic mass is 32.1. The molecule has 2 aromatic rings. The minimum absolute atomic E-state index is 0.0484. The Labute approximate surface area is 146 Å². The molecule has 0 spiro atoms. The lowest BCUT2D eigenvalue weighted by molar-refractivity contribution is -0.116. The van der Waals surface area contributed by atoms with Crippen molar-refractivity contribution in [2.45, 2.75) is 51.4 Å². The van der Waals surface area contributed by atoms with Gasteiger partial charge in [0.25, 0.3) is 0 Å². The van der Waals surface area contributed by atoms with Crippen LogP contribution in [0.1, 0.15) is 55.4 Å². The molecule has 1 aliphatic carbocycles. The minimum atomic E-state index is -0.228. The average molecular weight is 346 g/mol. The van der Waals surface area contributed by atoms with Crippen molar-refractivity contribution >= 4 is 22.4 Å². The Morgan fingerprint density at radius 1 is 1.29 bits per heavy atom. The first kappa shape index (κ1) is 17.1. The van der Waals surface area contributed by atoms with Gasteiger partial charge in [-0.2, -0.15) is 0 Å². The van der Waals surface area contributed by atoms with E-state index in [-0.39, 0.29) is 11.7 Å². The third kappa shape index (κ3) is 5.13. The van der Waals surface area contributed by atoms with Gasteiger partial charge >= 0.3 is 0 Å². The zero-order chi connectivity index (χ0) is 16.8. The summed E-state index contributed by atoms with van der Waals surface area (Å²) in [4.78, 5) is 17.4. The summed E-state index contributed by atoms with van der Waals surface area (Å²) in [5.74, 6) is 0.532. The third-order valence-corrected chi connectivity index (χ3v) is 5.48. The van der Waals surface area contributed by atoms with E-state index in [9.17, 15) is 9.18 Å².